The van der Waals surface area contributed by atoms with E-state index >= 15 is 0 Å². The summed E-state index contributed by atoms with van der Waals surface area (Å²) < 4.78 is 0.723. The Morgan fingerprint density at radius 1 is 1.27 bits per heavy atom. The van der Waals surface area contributed by atoms with Crippen molar-refractivity contribution in [3.8, 4) is 0 Å². The minimum Gasteiger partial charge on any atom is -0.477 e. The molecule has 14 nitrogen and oxygen atoms in total. The van der Waals surface area contributed by atoms with Crippen molar-refractivity contribution in [2.45, 2.75) is 26.4 Å². The number of hydrogen-bond donors (Lipinski definition) is 5. The summed E-state index contributed by atoms with van der Waals surface area (Å²) in [7, 11) is 0. The summed E-state index contributed by atoms with van der Waals surface area (Å²) in [5, 5.41) is 32.4. The number of carboxylic acid groups (broad SMARTS) is 1. The van der Waals surface area contributed by atoms with Gasteiger partial charge in [0.2, 0.25) is 5.13 Å². The molecule has 3 aromatic rings. The highest BCUT2D eigenvalue weighted by Gasteiger charge is 2.54. The number of amides is 2. The number of thiazole rings is 1. The largest absolute Gasteiger partial charge is 0.477 e. The van der Waals surface area contributed by atoms with Crippen LogP contribution >= 0.6 is 69.6 Å². The van der Waals surface area contributed by atoms with E-state index in [-0.39, 0.29) is 26.6 Å². The number of rotatable bonds is 9. The van der Waals surface area contributed by atoms with E-state index in [0.717, 1.165) is 26.7 Å². The van der Waals surface area contributed by atoms with Crippen LogP contribution in [0.2, 0.25) is 4.34 Å². The summed E-state index contributed by atoms with van der Waals surface area (Å²) in [5.74, 6) is -2.05. The predicted octanol–water partition coefficient (Wildman–Crippen LogP) is 2.17. The van der Waals surface area contributed by atoms with E-state index in [9.17, 15) is 24.7 Å². The lowest BCUT2D eigenvalue weighted by Crippen LogP contribution is -2.71. The molecule has 0 radical (unpaired) electrons. The van der Waals surface area contributed by atoms with Crippen molar-refractivity contribution in [1.82, 2.24) is 30.4 Å². The van der Waals surface area contributed by atoms with Crippen molar-refractivity contribution in [2.75, 3.05) is 17.2 Å². The lowest BCUT2D eigenvalue weighted by molar-refractivity contribution is -0.150. The lowest BCUT2D eigenvalue weighted by Gasteiger charge is -2.49. The quantitative estimate of drug-likeness (QED) is 0.0731. The number of carboxylic acids is 1. The Morgan fingerprint density at radius 2 is 2.08 bits per heavy atom. The van der Waals surface area contributed by atoms with E-state index in [1.807, 2.05) is 0 Å². The number of aliphatic carboxylic acids is 1. The zero-order valence-corrected chi connectivity index (χ0v) is 24.5. The molecule has 2 atom stereocenters. The maximum absolute atomic E-state index is 13.1. The van der Waals surface area contributed by atoms with Crippen molar-refractivity contribution in [3.05, 3.63) is 44.7 Å². The molecule has 0 aliphatic carbocycles. The molecule has 40 heavy (non-hydrogen) atoms. The zero-order valence-electron chi connectivity index (χ0n) is 19.7. The molecular formula is C20H16ClN9O5S5. The molecular weight excluding hydrogens is 642 g/mol. The Morgan fingerprint density at radius 3 is 2.73 bits per heavy atom. The molecule has 2 aliphatic heterocycles. The van der Waals surface area contributed by atoms with Crippen LogP contribution in [0.3, 0.4) is 0 Å². The number of pyridine rings is 1. The van der Waals surface area contributed by atoms with E-state index in [0.29, 0.717) is 20.1 Å². The van der Waals surface area contributed by atoms with Crippen molar-refractivity contribution < 1.29 is 24.7 Å². The topological polar surface area (TPSA) is 223 Å². The van der Waals surface area contributed by atoms with Crippen LogP contribution in [0.15, 0.2) is 43.5 Å². The van der Waals surface area contributed by atoms with E-state index in [1.54, 1.807) is 18.5 Å². The highest BCUT2D eigenvalue weighted by atomic mass is 35.5. The molecule has 5 heterocycles. The lowest BCUT2D eigenvalue weighted by atomic mass is 10.0. The molecule has 1 fully saturated rings. The van der Waals surface area contributed by atoms with Gasteiger partial charge in [-0.3, -0.25) is 19.5 Å². The molecule has 20 heteroatoms. The zero-order chi connectivity index (χ0) is 28.6. The van der Waals surface area contributed by atoms with Crippen LogP contribution in [0.4, 0.5) is 10.3 Å². The number of aromatic nitrogens is 4. The van der Waals surface area contributed by atoms with Gasteiger partial charge in [-0.2, -0.15) is 0 Å². The summed E-state index contributed by atoms with van der Waals surface area (Å²) in [6, 6.07) is 0.711. The number of β-lactam (4-membered cyclic amide) rings is 1. The number of hydrogen-bond acceptors (Lipinski definition) is 16. The Bertz CT molecular complexity index is 1580. The summed E-state index contributed by atoms with van der Waals surface area (Å²) >= 11 is 12.1. The number of carbonyl (C=O) groups excluding carboxylic acids is 2. The van der Waals surface area contributed by atoms with Gasteiger partial charge >= 0.3 is 5.97 Å². The first-order chi connectivity index (χ1) is 19.2. The van der Waals surface area contributed by atoms with Crippen molar-refractivity contribution in [3.63, 3.8) is 0 Å². The molecule has 2 aliphatic rings. The maximum atomic E-state index is 13.1. The molecule has 1 saturated heterocycles. The third-order valence-corrected chi connectivity index (χ3v) is 11.1. The van der Waals surface area contributed by atoms with E-state index in [1.165, 1.54) is 46.6 Å². The Labute approximate surface area is 250 Å². The van der Waals surface area contributed by atoms with Crippen LogP contribution in [0, 0.1) is 0 Å². The second-order valence-corrected chi connectivity index (χ2v) is 13.9. The molecule has 0 saturated carbocycles. The second-order valence-electron chi connectivity index (χ2n) is 7.84. The molecule has 7 N–H and O–H groups in total. The Kier molecular flexibility index (Phi) is 8.38. The number of nitrogens with zero attached hydrogens (tertiary/aromatic N) is 6. The van der Waals surface area contributed by atoms with Gasteiger partial charge in [-0.25, -0.2) is 9.78 Å². The SMILES string of the molecule is Nc1nnc(SCc2cnccc2SC2=C(C(=O)O)N3C(=O)[C@@H](NC(=O)/C(=N\O)c4nc(N)sc4Cl)[C@H]3SC2)s1. The fourth-order valence-corrected chi connectivity index (χ4v) is 8.92. The van der Waals surface area contributed by atoms with Gasteiger partial charge in [-0.15, -0.1) is 22.0 Å². The van der Waals surface area contributed by atoms with Crippen LogP contribution < -0.4 is 16.8 Å². The minimum atomic E-state index is -1.28. The number of fused-ring (bicyclic) bond motifs is 1. The summed E-state index contributed by atoms with van der Waals surface area (Å²) in [6.45, 7) is 0. The molecule has 208 valence electrons. The third kappa shape index (κ3) is 5.56. The average Bonchev–Trinajstić information content (AvgIpc) is 3.50. The first-order valence-corrected chi connectivity index (χ1v) is 15.7. The Hall–Kier alpha value is -3.10. The normalized spacial score (nSPS) is 18.9. The number of nitrogens with two attached hydrogens (primary N) is 2. The van der Waals surface area contributed by atoms with E-state index in [4.69, 9.17) is 23.1 Å². The van der Waals surface area contributed by atoms with Gasteiger partial charge < -0.3 is 27.1 Å². The summed E-state index contributed by atoms with van der Waals surface area (Å²) in [6.07, 6.45) is 3.28. The molecule has 0 spiro atoms. The summed E-state index contributed by atoms with van der Waals surface area (Å²) in [4.78, 5) is 48.6. The maximum Gasteiger partial charge on any atom is 0.353 e. The number of thioether (sulfide) groups is 3. The van der Waals surface area contributed by atoms with Gasteiger partial charge in [-0.1, -0.05) is 63.0 Å². The van der Waals surface area contributed by atoms with Gasteiger partial charge in [0.25, 0.3) is 11.8 Å². The first-order valence-electron chi connectivity index (χ1n) is 10.9. The van der Waals surface area contributed by atoms with Gasteiger partial charge in [0, 0.05) is 33.7 Å². The van der Waals surface area contributed by atoms with Crippen LogP contribution in [0.25, 0.3) is 0 Å². The van der Waals surface area contributed by atoms with Crippen LogP contribution in [-0.2, 0) is 20.1 Å². The highest BCUT2D eigenvalue weighted by molar-refractivity contribution is 8.06. The standard InChI is InChI=1S/C20H16ClN9O5S5/c21-13-9(26-18(22)39-13)10(29-35)14(31)25-11-15(32)30-12(17(33)34)8(5-36-16(11)30)38-7-1-2-24-3-6(7)4-37-20-28-27-19(23)40-20/h1-3,11,16,35H,4-5H2,(H2,22,26)(H2,23,27)(H,25,31)(H,33,34)/b29-10-/t11-,16-/m1/s1. The molecule has 2 amide bonds. The van der Waals surface area contributed by atoms with Gasteiger partial charge in [0.05, 0.1) is 0 Å². The second kappa shape index (κ2) is 11.8. The fourth-order valence-electron chi connectivity index (χ4n) is 3.72. The number of nitrogens with one attached hydrogen (secondary N) is 1. The summed E-state index contributed by atoms with van der Waals surface area (Å²) in [5.41, 5.74) is 11.3. The monoisotopic (exact) mass is 657 g/mol. The number of halogens is 1. The average molecular weight is 658 g/mol. The first kappa shape index (κ1) is 28.4. The number of oxime groups is 1. The molecule has 0 unspecified atom stereocenters. The van der Waals surface area contributed by atoms with Gasteiger partial charge in [0.15, 0.2) is 15.2 Å². The number of carbonyl (C=O) groups is 3. The Balaban J connectivity index is 1.32. The smallest absolute Gasteiger partial charge is 0.353 e. The van der Waals surface area contributed by atoms with Crippen molar-refractivity contribution in [1.29, 1.82) is 0 Å². The predicted molar refractivity (Wildman–Crippen MR) is 154 cm³/mol. The number of anilines is 2. The van der Waals surface area contributed by atoms with Gasteiger partial charge in [-0.05, 0) is 11.6 Å². The molecule has 3 aromatic heterocycles. The molecule has 0 bridgehead atoms. The van der Waals surface area contributed by atoms with Crippen molar-refractivity contribution >= 4 is 103 Å². The van der Waals surface area contributed by atoms with Crippen molar-refractivity contribution in [2.24, 2.45) is 5.16 Å². The van der Waals surface area contributed by atoms with E-state index < -0.39 is 34.9 Å². The molecule has 0 aromatic carbocycles. The highest BCUT2D eigenvalue weighted by Crippen LogP contribution is 2.46. The van der Waals surface area contributed by atoms with E-state index in [2.05, 4.69) is 30.6 Å². The number of nitrogen functional groups attached to an aromatic ring is 2. The molecule has 5 rings (SSSR count). The minimum absolute atomic E-state index is 0.0353. The van der Waals surface area contributed by atoms with Crippen LogP contribution in [-0.4, -0.2) is 76.0 Å². The fraction of sp³-hybridized carbons (Fsp3) is 0.200. The van der Waals surface area contributed by atoms with Crippen LogP contribution in [0.5, 0.6) is 0 Å². The van der Waals surface area contributed by atoms with Gasteiger partial charge in [0.1, 0.15) is 27.1 Å². The third-order valence-electron chi connectivity index (χ3n) is 5.43. The van der Waals surface area contributed by atoms with Crippen LogP contribution in [0.1, 0.15) is 11.3 Å².